The Labute approximate surface area is 442 Å². The fraction of sp³-hybridized carbons (Fsp3) is 0. The lowest BCUT2D eigenvalue weighted by Gasteiger charge is -2.10. The second kappa shape index (κ2) is 18.1. The Hall–Kier alpha value is -10.6. The van der Waals surface area contributed by atoms with E-state index >= 15 is 0 Å². The first-order valence-electron chi connectivity index (χ1n) is 25.7. The van der Waals surface area contributed by atoms with Gasteiger partial charge in [0.1, 0.15) is 5.69 Å². The van der Waals surface area contributed by atoms with Crippen molar-refractivity contribution in [2.24, 2.45) is 0 Å². The zero-order valence-corrected chi connectivity index (χ0v) is 41.4. The Morgan fingerprint density at radius 2 is 0.727 bits per heavy atom. The summed E-state index contributed by atoms with van der Waals surface area (Å²) in [5, 5.41) is 4.62. The molecule has 0 aliphatic carbocycles. The Bertz CT molecular complexity index is 4700. The summed E-state index contributed by atoms with van der Waals surface area (Å²) in [6.45, 7) is 0. The first-order valence-corrected chi connectivity index (χ1v) is 25.7. The average Bonchev–Trinajstić information content (AvgIpc) is 4.40. The summed E-state index contributed by atoms with van der Waals surface area (Å²) in [7, 11) is 0. The third-order valence-electron chi connectivity index (χ3n) is 14.7. The van der Waals surface area contributed by atoms with Crippen LogP contribution >= 0.6 is 0 Å². The zero-order valence-electron chi connectivity index (χ0n) is 41.4. The van der Waals surface area contributed by atoms with Gasteiger partial charge in [-0.25, -0.2) is 19.9 Å². The van der Waals surface area contributed by atoms with Crippen LogP contribution in [0.4, 0.5) is 0 Å². The average molecular weight is 986 g/mol. The summed E-state index contributed by atoms with van der Waals surface area (Å²) in [4.78, 5) is 25.8. The van der Waals surface area contributed by atoms with Crippen molar-refractivity contribution in [2.45, 2.75) is 0 Å². The van der Waals surface area contributed by atoms with Crippen molar-refractivity contribution >= 4 is 54.8 Å². The number of oxazole rings is 1. The van der Waals surface area contributed by atoms with Crippen LogP contribution in [-0.4, -0.2) is 34.1 Å². The molecular formula is C69H43N7O. The fourth-order valence-electron chi connectivity index (χ4n) is 10.9. The predicted octanol–water partition coefficient (Wildman–Crippen LogP) is 17.3. The van der Waals surface area contributed by atoms with Crippen LogP contribution in [0.1, 0.15) is 0 Å². The van der Waals surface area contributed by atoms with Gasteiger partial charge in [-0.2, -0.15) is 4.98 Å². The highest BCUT2D eigenvalue weighted by molar-refractivity contribution is 6.12. The molecular weight excluding hydrogens is 943 g/mol. The molecule has 0 spiro atoms. The Balaban J connectivity index is 0.813. The van der Waals surface area contributed by atoms with E-state index in [1.165, 1.54) is 27.4 Å². The van der Waals surface area contributed by atoms with Crippen LogP contribution in [-0.2, 0) is 0 Å². The second-order valence-corrected chi connectivity index (χ2v) is 19.3. The molecule has 10 aromatic carbocycles. The molecule has 0 amide bonds. The van der Waals surface area contributed by atoms with E-state index in [0.29, 0.717) is 34.6 Å². The van der Waals surface area contributed by atoms with Crippen molar-refractivity contribution in [3.8, 4) is 90.5 Å². The van der Waals surface area contributed by atoms with Gasteiger partial charge in [-0.15, -0.1) is 0 Å². The molecule has 360 valence electrons. The van der Waals surface area contributed by atoms with E-state index in [1.54, 1.807) is 0 Å². The van der Waals surface area contributed by atoms with Crippen LogP contribution in [0.25, 0.3) is 145 Å². The first-order chi connectivity index (χ1) is 38.1. The molecule has 0 unspecified atom stereocenters. The molecule has 77 heavy (non-hydrogen) atoms. The zero-order chi connectivity index (χ0) is 50.8. The van der Waals surface area contributed by atoms with Crippen LogP contribution < -0.4 is 0 Å². The summed E-state index contributed by atoms with van der Waals surface area (Å²) < 4.78 is 11.2. The lowest BCUT2D eigenvalue weighted by atomic mass is 10.0. The first kappa shape index (κ1) is 44.0. The molecule has 8 heteroatoms. The highest BCUT2D eigenvalue weighted by Crippen LogP contribution is 2.40. The van der Waals surface area contributed by atoms with Crippen molar-refractivity contribution < 1.29 is 4.42 Å². The predicted molar refractivity (Wildman–Crippen MR) is 312 cm³/mol. The summed E-state index contributed by atoms with van der Waals surface area (Å²) in [5.41, 5.74) is 17.9. The third kappa shape index (κ3) is 7.66. The van der Waals surface area contributed by atoms with Gasteiger partial charge in [0.25, 0.3) is 5.71 Å². The van der Waals surface area contributed by atoms with Crippen LogP contribution in [0.3, 0.4) is 0 Å². The molecule has 0 aliphatic heterocycles. The van der Waals surface area contributed by atoms with E-state index in [9.17, 15) is 0 Å². The van der Waals surface area contributed by atoms with Gasteiger partial charge in [0.05, 0.1) is 33.5 Å². The fourth-order valence-corrected chi connectivity index (χ4v) is 10.9. The SMILES string of the molecule is c1ccc(-c2ccc(-c3cc(-c4ccc(-c5nc6c(-c7ccccc7)nc(-n7c8ccccc8c8cc(-c9ccc%10c(c9)c9ccccc9n%10-c9ccccc9)ccc87)nc6o5)cc4)nc(-c4ccccc4)n3)cc2)cc1. The monoisotopic (exact) mass is 985 g/mol. The highest BCUT2D eigenvalue weighted by atomic mass is 16.4. The van der Waals surface area contributed by atoms with Crippen molar-refractivity contribution in [3.63, 3.8) is 0 Å². The molecule has 0 N–H and O–H groups in total. The van der Waals surface area contributed by atoms with Gasteiger partial charge in [-0.3, -0.25) is 4.57 Å². The molecule has 0 fully saturated rings. The smallest absolute Gasteiger partial charge is 0.252 e. The van der Waals surface area contributed by atoms with Crippen LogP contribution in [0.5, 0.6) is 0 Å². The maximum Gasteiger partial charge on any atom is 0.252 e. The molecule has 8 nitrogen and oxygen atoms in total. The number of nitrogens with zero attached hydrogens (tertiary/aromatic N) is 7. The van der Waals surface area contributed by atoms with Crippen molar-refractivity contribution in [1.82, 2.24) is 34.1 Å². The molecule has 0 saturated carbocycles. The molecule has 0 radical (unpaired) electrons. The molecule has 15 aromatic rings. The highest BCUT2D eigenvalue weighted by Gasteiger charge is 2.23. The maximum absolute atomic E-state index is 6.69. The second-order valence-electron chi connectivity index (χ2n) is 19.3. The van der Waals surface area contributed by atoms with Gasteiger partial charge in [0, 0.05) is 55.0 Å². The Morgan fingerprint density at radius 1 is 0.286 bits per heavy atom. The number of para-hydroxylation sites is 3. The van der Waals surface area contributed by atoms with Crippen LogP contribution in [0.15, 0.2) is 265 Å². The van der Waals surface area contributed by atoms with Crippen molar-refractivity contribution in [2.75, 3.05) is 0 Å². The Kier molecular flexibility index (Phi) is 10.3. The number of aromatic nitrogens is 7. The van der Waals surface area contributed by atoms with E-state index in [4.69, 9.17) is 29.3 Å². The Morgan fingerprint density at radius 3 is 1.32 bits per heavy atom. The van der Waals surface area contributed by atoms with Gasteiger partial charge >= 0.3 is 0 Å². The summed E-state index contributed by atoms with van der Waals surface area (Å²) in [6.07, 6.45) is 0. The van der Waals surface area contributed by atoms with Gasteiger partial charge in [-0.05, 0) is 89.0 Å². The topological polar surface area (TPSA) is 87.5 Å². The van der Waals surface area contributed by atoms with Crippen LogP contribution in [0, 0.1) is 0 Å². The molecule has 5 heterocycles. The summed E-state index contributed by atoms with van der Waals surface area (Å²) in [5.74, 6) is 1.59. The number of benzene rings is 10. The van der Waals surface area contributed by atoms with E-state index in [1.807, 2.05) is 66.7 Å². The van der Waals surface area contributed by atoms with Gasteiger partial charge < -0.3 is 8.98 Å². The quantitative estimate of drug-likeness (QED) is 0.143. The van der Waals surface area contributed by atoms with Crippen molar-refractivity contribution in [3.05, 3.63) is 261 Å². The lowest BCUT2D eigenvalue weighted by Crippen LogP contribution is -2.03. The lowest BCUT2D eigenvalue weighted by molar-refractivity contribution is 0.606. The number of hydrogen-bond acceptors (Lipinski definition) is 6. The molecule has 0 atom stereocenters. The summed E-state index contributed by atoms with van der Waals surface area (Å²) in [6, 6.07) is 90.7. The summed E-state index contributed by atoms with van der Waals surface area (Å²) >= 11 is 0. The number of hydrogen-bond donors (Lipinski definition) is 0. The molecule has 0 aliphatic rings. The minimum Gasteiger partial charge on any atom is -0.417 e. The van der Waals surface area contributed by atoms with Gasteiger partial charge in [-0.1, -0.05) is 194 Å². The van der Waals surface area contributed by atoms with Gasteiger partial charge in [0.15, 0.2) is 11.3 Å². The van der Waals surface area contributed by atoms with Crippen LogP contribution in [0.2, 0.25) is 0 Å². The maximum atomic E-state index is 6.69. The van der Waals surface area contributed by atoms with E-state index in [2.05, 4.69) is 203 Å². The largest absolute Gasteiger partial charge is 0.417 e. The number of rotatable bonds is 9. The van der Waals surface area contributed by atoms with Crippen molar-refractivity contribution in [1.29, 1.82) is 0 Å². The van der Waals surface area contributed by atoms with E-state index in [0.717, 1.165) is 83.4 Å². The molecule has 0 bridgehead atoms. The third-order valence-corrected chi connectivity index (χ3v) is 14.7. The number of fused-ring (bicyclic) bond motifs is 7. The van der Waals surface area contributed by atoms with E-state index < -0.39 is 0 Å². The minimum absolute atomic E-state index is 0.393. The molecule has 15 rings (SSSR count). The normalized spacial score (nSPS) is 11.6. The molecule has 5 aromatic heterocycles. The van der Waals surface area contributed by atoms with E-state index in [-0.39, 0.29) is 0 Å². The minimum atomic E-state index is 0.393. The molecule has 0 saturated heterocycles. The van der Waals surface area contributed by atoms with Gasteiger partial charge in [0.2, 0.25) is 11.8 Å². The standard InChI is InChI=1S/C69H43N7O/c1-5-17-44(18-6-1)45-29-31-46(32-30-45)58-43-59(71-66(70-58)49-21-9-3-10-22-49)47-33-35-50(36-34-47)67-72-65-64(48-19-7-2-8-20-48)73-69(74-68(65)77-67)76-61-28-16-14-26-55(61)57-42-52(38-40-63(57)76)51-37-39-62-56(41-51)54-25-13-15-27-60(54)75(62)53-23-11-4-12-24-53/h1-43H.